The van der Waals surface area contributed by atoms with E-state index in [2.05, 4.69) is 33.6 Å². The number of H-pyrrole nitrogens is 2. The molecule has 0 radical (unpaired) electrons. The molecule has 8 heterocycles. The molecule has 0 spiro atoms. The highest BCUT2D eigenvalue weighted by molar-refractivity contribution is 6.10. The summed E-state index contributed by atoms with van der Waals surface area (Å²) in [6.07, 6.45) is 7.24. The lowest BCUT2D eigenvalue weighted by Gasteiger charge is -2.57. The minimum atomic E-state index is -0.846. The third kappa shape index (κ3) is 3.92. The van der Waals surface area contributed by atoms with E-state index in [9.17, 15) is 19.8 Å². The zero-order chi connectivity index (χ0) is 35.8. The number of ether oxygens (including phenoxy) is 2. The first-order chi connectivity index (χ1) is 25.2. The predicted octanol–water partition coefficient (Wildman–Crippen LogP) is 5.90. The van der Waals surface area contributed by atoms with E-state index >= 15 is 0 Å². The number of nitrogens with one attached hydrogen (secondary N) is 2. The number of phenolic OH excluding ortho intramolecular Hbond substituents is 2. The van der Waals surface area contributed by atoms with E-state index in [1.54, 1.807) is 12.1 Å². The third-order valence-corrected chi connectivity index (χ3v) is 14.9. The molecule has 2 aromatic heterocycles. The molecule has 6 fully saturated rings. The Morgan fingerprint density at radius 1 is 0.731 bits per heavy atom. The Morgan fingerprint density at radius 2 is 1.15 bits per heavy atom. The first-order valence-corrected chi connectivity index (χ1v) is 19.6. The molecular weight excluding hydrogens is 656 g/mol. The number of methoxy groups -OCH3 is 2. The molecule has 4 aromatic rings. The molecule has 4 N–H and O–H groups in total. The van der Waals surface area contributed by atoms with Crippen molar-refractivity contribution in [2.24, 2.45) is 23.7 Å². The van der Waals surface area contributed by atoms with Crippen LogP contribution in [0.25, 0.3) is 32.9 Å². The monoisotopic (exact) mass is 706 g/mol. The van der Waals surface area contributed by atoms with Crippen molar-refractivity contribution in [2.75, 3.05) is 40.4 Å². The van der Waals surface area contributed by atoms with Gasteiger partial charge in [-0.25, -0.2) is 0 Å². The fourth-order valence-corrected chi connectivity index (χ4v) is 13.3. The number of phenols is 2. The molecule has 52 heavy (non-hydrogen) atoms. The van der Waals surface area contributed by atoms with Crippen LogP contribution in [0, 0.1) is 23.7 Å². The molecule has 2 aliphatic carbocycles. The highest BCUT2D eigenvalue weighted by atomic mass is 16.5. The summed E-state index contributed by atoms with van der Waals surface area (Å²) < 4.78 is 11.4. The molecule has 10 atom stereocenters. The number of benzene rings is 2. The van der Waals surface area contributed by atoms with E-state index in [0.717, 1.165) is 111 Å². The SMILES string of the molecule is CC[C@H]1C[C@H]2CN3CCc4c([nH]c5c(-c6c(O)ccc7c8c([nH]c67)[C@]6(C(=O)OC)C[C@H]7C[C@H](CC)[C@@H]6N(CC8)C7)c(O)ccc45)[C@](C(=O)OC)(C2)[C@H]13. The number of carbonyl (C=O) groups excluding carboxylic acids is 2. The quantitative estimate of drug-likeness (QED) is 0.189. The van der Waals surface area contributed by atoms with Crippen LogP contribution >= 0.6 is 0 Å². The van der Waals surface area contributed by atoms with Crippen LogP contribution in [-0.4, -0.2) is 94.4 Å². The lowest BCUT2D eigenvalue weighted by atomic mass is 9.56. The molecule has 0 amide bonds. The largest absolute Gasteiger partial charge is 0.507 e. The molecule has 2 aromatic carbocycles. The van der Waals surface area contributed by atoms with Crippen LogP contribution in [-0.2, 0) is 42.7 Å². The number of nitrogens with zero attached hydrogens (tertiary/aromatic N) is 2. The number of hydrogen-bond donors (Lipinski definition) is 4. The number of aromatic amines is 2. The number of hydrogen-bond acceptors (Lipinski definition) is 8. The van der Waals surface area contributed by atoms with Crippen LogP contribution in [0.3, 0.4) is 0 Å². The van der Waals surface area contributed by atoms with Crippen LogP contribution < -0.4 is 0 Å². The summed E-state index contributed by atoms with van der Waals surface area (Å²) in [4.78, 5) is 41.1. The van der Waals surface area contributed by atoms with Gasteiger partial charge in [0.25, 0.3) is 0 Å². The van der Waals surface area contributed by atoms with Gasteiger partial charge in [-0.05, 0) is 97.6 Å². The lowest BCUT2D eigenvalue weighted by Crippen LogP contribution is -2.67. The number of esters is 2. The Morgan fingerprint density at radius 3 is 1.54 bits per heavy atom. The van der Waals surface area contributed by atoms with E-state index in [1.807, 2.05) is 12.1 Å². The van der Waals surface area contributed by atoms with Crippen LogP contribution in [0.4, 0.5) is 0 Å². The van der Waals surface area contributed by atoms with Gasteiger partial charge < -0.3 is 29.7 Å². The fourth-order valence-electron chi connectivity index (χ4n) is 13.3. The van der Waals surface area contributed by atoms with Crippen LogP contribution in [0.5, 0.6) is 11.5 Å². The maximum atomic E-state index is 14.2. The molecule has 274 valence electrons. The van der Waals surface area contributed by atoms with Gasteiger partial charge in [-0.2, -0.15) is 0 Å². The second-order valence-corrected chi connectivity index (χ2v) is 17.0. The number of carbonyl (C=O) groups is 2. The van der Waals surface area contributed by atoms with E-state index in [-0.39, 0.29) is 35.5 Å². The summed E-state index contributed by atoms with van der Waals surface area (Å²) in [5.41, 5.74) is 4.71. The fraction of sp³-hybridized carbons (Fsp3) is 0.571. The summed E-state index contributed by atoms with van der Waals surface area (Å²) in [5.74, 6) is 1.24. The van der Waals surface area contributed by atoms with E-state index < -0.39 is 10.8 Å². The molecule has 10 nitrogen and oxygen atoms in total. The van der Waals surface area contributed by atoms with Crippen molar-refractivity contribution in [1.29, 1.82) is 0 Å². The van der Waals surface area contributed by atoms with Gasteiger partial charge in [0.15, 0.2) is 0 Å². The Kier molecular flexibility index (Phi) is 7.05. The zero-order valence-corrected chi connectivity index (χ0v) is 30.7. The minimum absolute atomic E-state index is 0.0315. The molecule has 2 unspecified atom stereocenters. The Bertz CT molecular complexity index is 2020. The van der Waals surface area contributed by atoms with E-state index in [4.69, 9.17) is 9.47 Å². The molecule has 2 saturated carbocycles. The number of fused-ring (bicyclic) bond motifs is 8. The number of aromatic nitrogens is 2. The molecule has 4 saturated heterocycles. The van der Waals surface area contributed by atoms with Gasteiger partial charge in [-0.15, -0.1) is 0 Å². The van der Waals surface area contributed by atoms with E-state index in [1.165, 1.54) is 14.2 Å². The Labute approximate surface area is 303 Å². The van der Waals surface area contributed by atoms with Gasteiger partial charge in [0.2, 0.25) is 0 Å². The normalized spacial score (nSPS) is 35.5. The van der Waals surface area contributed by atoms with Gasteiger partial charge in [0.1, 0.15) is 22.3 Å². The third-order valence-electron chi connectivity index (χ3n) is 14.9. The predicted molar refractivity (Wildman–Crippen MR) is 197 cm³/mol. The first kappa shape index (κ1) is 32.6. The Hall–Kier alpha value is -4.02. The van der Waals surface area contributed by atoms with Gasteiger partial charge in [-0.1, -0.05) is 26.7 Å². The summed E-state index contributed by atoms with van der Waals surface area (Å²) in [5, 5.41) is 25.6. The average molecular weight is 707 g/mol. The lowest BCUT2D eigenvalue weighted by molar-refractivity contribution is -0.163. The summed E-state index contributed by atoms with van der Waals surface area (Å²) in [6, 6.07) is 7.43. The van der Waals surface area contributed by atoms with Crippen LogP contribution in [0.2, 0.25) is 0 Å². The van der Waals surface area contributed by atoms with Gasteiger partial charge in [-0.3, -0.25) is 19.4 Å². The van der Waals surface area contributed by atoms with Crippen LogP contribution in [0.1, 0.15) is 74.9 Å². The smallest absolute Gasteiger partial charge is 0.319 e. The zero-order valence-electron chi connectivity index (χ0n) is 30.7. The topological polar surface area (TPSA) is 131 Å². The van der Waals surface area contributed by atoms with Crippen molar-refractivity contribution < 1.29 is 29.3 Å². The van der Waals surface area contributed by atoms with Crippen LogP contribution in [0.15, 0.2) is 24.3 Å². The number of piperidine rings is 4. The average Bonchev–Trinajstić information content (AvgIpc) is 3.68. The van der Waals surface area contributed by atoms with Crippen molar-refractivity contribution in [2.45, 2.75) is 88.1 Å². The molecular formula is C42H50N4O6. The first-order valence-electron chi connectivity index (χ1n) is 19.6. The standard InChI is InChI=1S/C42H50N4O6/c1-5-23-15-21-17-41(39(49)51-3)35-27(11-13-45(19-21)37(23)41)25-7-9-29(47)31(33(25)43-35)32-30(48)10-8-26-28-12-14-46-20-22-16-24(6-2)38(46)42(18-22,40(50)52-4)36(28)44-34(26)32/h7-10,21-24,37-38,43-44,47-48H,5-6,11-20H2,1-4H3/t21-,22-,23+,24+,37+,38+,41-,42-/m1/s1. The summed E-state index contributed by atoms with van der Waals surface area (Å²) in [6.45, 7) is 8.18. The Balaban J connectivity index is 1.22. The number of aromatic hydroxyl groups is 2. The van der Waals surface area contributed by atoms with Crippen molar-refractivity contribution in [3.05, 3.63) is 46.8 Å². The highest BCUT2D eigenvalue weighted by Crippen LogP contribution is 2.59. The second-order valence-electron chi connectivity index (χ2n) is 17.0. The molecule has 6 aliphatic heterocycles. The maximum Gasteiger partial charge on any atom is 0.319 e. The molecule has 10 heteroatoms. The molecule has 8 bridgehead atoms. The van der Waals surface area contributed by atoms with Crippen molar-refractivity contribution in [1.82, 2.24) is 19.8 Å². The number of rotatable bonds is 5. The highest BCUT2D eigenvalue weighted by Gasteiger charge is 2.64. The van der Waals surface area contributed by atoms with Crippen molar-refractivity contribution in [3.63, 3.8) is 0 Å². The molecule has 12 rings (SSSR count). The van der Waals surface area contributed by atoms with Gasteiger partial charge in [0, 0.05) is 60.4 Å². The summed E-state index contributed by atoms with van der Waals surface area (Å²) >= 11 is 0. The van der Waals surface area contributed by atoms with Gasteiger partial charge in [0.05, 0.1) is 36.4 Å². The minimum Gasteiger partial charge on any atom is -0.507 e. The second kappa shape index (κ2) is 11.2. The van der Waals surface area contributed by atoms with E-state index in [0.29, 0.717) is 45.8 Å². The molecule has 8 aliphatic rings. The van der Waals surface area contributed by atoms with Crippen molar-refractivity contribution in [3.8, 4) is 22.6 Å². The van der Waals surface area contributed by atoms with Gasteiger partial charge >= 0.3 is 11.9 Å². The van der Waals surface area contributed by atoms with Crippen molar-refractivity contribution >= 4 is 33.7 Å². The summed E-state index contributed by atoms with van der Waals surface area (Å²) in [7, 11) is 3.01. The maximum absolute atomic E-state index is 14.2.